The number of carbonyl (C=O) groups is 1. The molecule has 1 amide bonds. The van der Waals surface area contributed by atoms with E-state index in [1.165, 1.54) is 0 Å². The molecule has 1 aromatic rings. The van der Waals surface area contributed by atoms with Crippen molar-refractivity contribution in [1.82, 2.24) is 5.32 Å². The molecule has 2 atom stereocenters. The molecule has 0 aromatic heterocycles. The van der Waals surface area contributed by atoms with Crippen LogP contribution in [0.15, 0.2) is 18.2 Å². The van der Waals surface area contributed by atoms with E-state index in [2.05, 4.69) is 5.32 Å². The molecule has 0 saturated carbocycles. The molecule has 1 fully saturated rings. The first kappa shape index (κ1) is 12.5. The zero-order chi connectivity index (χ0) is 13.1. The van der Waals surface area contributed by atoms with Gasteiger partial charge in [0.25, 0.3) is 0 Å². The molecule has 1 heterocycles. The molecule has 98 valence electrons. The van der Waals surface area contributed by atoms with Crippen LogP contribution in [0.2, 0.25) is 0 Å². The van der Waals surface area contributed by atoms with Crippen LogP contribution in [0, 0.1) is 0 Å². The lowest BCUT2D eigenvalue weighted by Crippen LogP contribution is -2.32. The first-order chi connectivity index (χ1) is 8.63. The molecule has 1 aliphatic heterocycles. The molecule has 1 unspecified atom stereocenters. The van der Waals surface area contributed by atoms with Gasteiger partial charge in [-0.05, 0) is 31.0 Å². The average molecular weight is 251 g/mol. The minimum absolute atomic E-state index is 0.00407. The lowest BCUT2D eigenvalue weighted by molar-refractivity contribution is 0.141. The third kappa shape index (κ3) is 2.50. The highest BCUT2D eigenvalue weighted by atomic mass is 16.6. The van der Waals surface area contributed by atoms with E-state index in [1.807, 2.05) is 25.1 Å². The van der Waals surface area contributed by atoms with E-state index in [4.69, 9.17) is 14.2 Å². The fraction of sp³-hybridized carbons (Fsp3) is 0.462. The minimum atomic E-state index is -0.354. The van der Waals surface area contributed by atoms with E-state index in [-0.39, 0.29) is 18.2 Å². The third-order valence-electron chi connectivity index (χ3n) is 3.07. The topological polar surface area (TPSA) is 56.8 Å². The molecule has 5 heteroatoms. The summed E-state index contributed by atoms with van der Waals surface area (Å²) >= 11 is 0. The van der Waals surface area contributed by atoms with Crippen LogP contribution in [-0.4, -0.2) is 32.5 Å². The van der Waals surface area contributed by atoms with E-state index in [0.29, 0.717) is 17.9 Å². The fourth-order valence-electron chi connectivity index (χ4n) is 2.03. The largest absolute Gasteiger partial charge is 0.493 e. The maximum absolute atomic E-state index is 11.1. The number of hydrogen-bond donors (Lipinski definition) is 1. The highest BCUT2D eigenvalue weighted by Gasteiger charge is 2.30. The van der Waals surface area contributed by atoms with Gasteiger partial charge in [0.15, 0.2) is 11.5 Å². The molecule has 1 aliphatic rings. The van der Waals surface area contributed by atoms with Crippen molar-refractivity contribution in [3.8, 4) is 11.5 Å². The molecule has 1 aromatic carbocycles. The van der Waals surface area contributed by atoms with Crippen molar-refractivity contribution in [2.24, 2.45) is 0 Å². The van der Waals surface area contributed by atoms with Gasteiger partial charge < -0.3 is 19.5 Å². The maximum Gasteiger partial charge on any atom is 0.407 e. The predicted octanol–water partition coefficient (Wildman–Crippen LogP) is 1.74. The first-order valence-electron chi connectivity index (χ1n) is 5.82. The lowest BCUT2D eigenvalue weighted by atomic mass is 10.0. The molecule has 2 rings (SSSR count). The van der Waals surface area contributed by atoms with Crippen LogP contribution >= 0.6 is 0 Å². The second kappa shape index (κ2) is 5.16. The summed E-state index contributed by atoms with van der Waals surface area (Å²) in [6.45, 7) is 1.88. The van der Waals surface area contributed by atoms with E-state index in [9.17, 15) is 4.79 Å². The van der Waals surface area contributed by atoms with Crippen LogP contribution in [0.1, 0.15) is 12.5 Å². The van der Waals surface area contributed by atoms with Gasteiger partial charge in [-0.25, -0.2) is 4.79 Å². The number of amides is 1. The summed E-state index contributed by atoms with van der Waals surface area (Å²) in [5, 5.41) is 2.78. The smallest absolute Gasteiger partial charge is 0.407 e. The van der Waals surface area contributed by atoms with Crippen molar-refractivity contribution in [2.45, 2.75) is 25.5 Å². The lowest BCUT2D eigenvalue weighted by Gasteiger charge is -2.14. The van der Waals surface area contributed by atoms with Gasteiger partial charge in [-0.15, -0.1) is 0 Å². The zero-order valence-electron chi connectivity index (χ0n) is 10.7. The summed E-state index contributed by atoms with van der Waals surface area (Å²) < 4.78 is 15.5. The zero-order valence-corrected chi connectivity index (χ0v) is 10.7. The number of alkyl carbamates (subject to hydrolysis) is 1. The van der Waals surface area contributed by atoms with Crippen molar-refractivity contribution in [3.05, 3.63) is 23.8 Å². The highest BCUT2D eigenvalue weighted by molar-refractivity contribution is 5.70. The summed E-state index contributed by atoms with van der Waals surface area (Å²) in [6.07, 6.45) is 0.228. The Morgan fingerprint density at radius 2 is 2.00 bits per heavy atom. The van der Waals surface area contributed by atoms with Gasteiger partial charge in [-0.1, -0.05) is 6.07 Å². The average Bonchev–Trinajstić information content (AvgIpc) is 2.67. The van der Waals surface area contributed by atoms with Gasteiger partial charge in [0.2, 0.25) is 0 Å². The predicted molar refractivity (Wildman–Crippen MR) is 66.1 cm³/mol. The van der Waals surface area contributed by atoms with Gasteiger partial charge in [0.05, 0.1) is 20.3 Å². The first-order valence-corrected chi connectivity index (χ1v) is 5.82. The molecule has 1 N–H and O–H groups in total. The Morgan fingerprint density at radius 3 is 2.56 bits per heavy atom. The number of hydrogen-bond acceptors (Lipinski definition) is 4. The van der Waals surface area contributed by atoms with Gasteiger partial charge in [-0.3, -0.25) is 0 Å². The van der Waals surface area contributed by atoms with E-state index in [1.54, 1.807) is 14.2 Å². The van der Waals surface area contributed by atoms with Crippen LogP contribution in [0.4, 0.5) is 4.79 Å². The van der Waals surface area contributed by atoms with Crippen LogP contribution in [0.5, 0.6) is 11.5 Å². The Kier molecular flexibility index (Phi) is 3.60. The van der Waals surface area contributed by atoms with Crippen molar-refractivity contribution >= 4 is 6.09 Å². The van der Waals surface area contributed by atoms with Crippen molar-refractivity contribution in [3.63, 3.8) is 0 Å². The van der Waals surface area contributed by atoms with Gasteiger partial charge >= 0.3 is 6.09 Å². The Hall–Kier alpha value is -1.91. The molecule has 18 heavy (non-hydrogen) atoms. The molecule has 0 radical (unpaired) electrons. The Bertz CT molecular complexity index is 447. The fourth-order valence-corrected chi connectivity index (χ4v) is 2.03. The number of rotatable bonds is 4. The number of carbonyl (C=O) groups excluding carboxylic acids is 1. The second-order valence-electron chi connectivity index (χ2n) is 4.25. The van der Waals surface area contributed by atoms with E-state index < -0.39 is 0 Å². The molecule has 0 aliphatic carbocycles. The summed E-state index contributed by atoms with van der Waals surface area (Å²) in [7, 11) is 3.20. The van der Waals surface area contributed by atoms with Crippen molar-refractivity contribution < 1.29 is 19.0 Å². The van der Waals surface area contributed by atoms with E-state index >= 15 is 0 Å². The molecular weight excluding hydrogens is 234 g/mol. The third-order valence-corrected chi connectivity index (χ3v) is 3.07. The summed E-state index contributed by atoms with van der Waals surface area (Å²) in [5.41, 5.74) is 1.07. The number of nitrogens with one attached hydrogen (secondary N) is 1. The Balaban J connectivity index is 2.12. The van der Waals surface area contributed by atoms with E-state index in [0.717, 1.165) is 5.56 Å². The van der Waals surface area contributed by atoms with Gasteiger partial charge in [0.1, 0.15) is 6.10 Å². The summed E-state index contributed by atoms with van der Waals surface area (Å²) in [5.74, 6) is 1.38. The number of methoxy groups -OCH3 is 2. The van der Waals surface area contributed by atoms with Crippen molar-refractivity contribution in [2.75, 3.05) is 14.2 Å². The van der Waals surface area contributed by atoms with Crippen LogP contribution in [0.3, 0.4) is 0 Å². The normalized spacial score (nSPS) is 22.3. The number of ether oxygens (including phenoxy) is 3. The highest BCUT2D eigenvalue weighted by Crippen LogP contribution is 2.28. The molecule has 0 bridgehead atoms. The Morgan fingerprint density at radius 1 is 1.28 bits per heavy atom. The summed E-state index contributed by atoms with van der Waals surface area (Å²) in [4.78, 5) is 11.1. The van der Waals surface area contributed by atoms with Gasteiger partial charge in [-0.2, -0.15) is 0 Å². The molecule has 0 spiro atoms. The van der Waals surface area contributed by atoms with Crippen LogP contribution in [-0.2, 0) is 11.2 Å². The molecule has 5 nitrogen and oxygen atoms in total. The standard InChI is InChI=1S/C13H17NO4/c1-8-10(14-13(15)18-8)6-9-4-5-11(16-2)12(7-9)17-3/h4-5,7-8,10H,6H2,1-3H3,(H,14,15)/t8?,10-/m0/s1. The van der Waals surface area contributed by atoms with Crippen LogP contribution < -0.4 is 14.8 Å². The Labute approximate surface area is 106 Å². The minimum Gasteiger partial charge on any atom is -0.493 e. The summed E-state index contributed by atoms with van der Waals surface area (Å²) in [6, 6.07) is 5.72. The maximum atomic E-state index is 11.1. The number of cyclic esters (lactones) is 1. The SMILES string of the molecule is COc1ccc(C[C@@H]2NC(=O)OC2C)cc1OC. The monoisotopic (exact) mass is 251 g/mol. The molecular formula is C13H17NO4. The molecule has 1 saturated heterocycles. The van der Waals surface area contributed by atoms with Crippen LogP contribution in [0.25, 0.3) is 0 Å². The quantitative estimate of drug-likeness (QED) is 0.885. The van der Waals surface area contributed by atoms with Gasteiger partial charge in [0, 0.05) is 0 Å². The number of benzene rings is 1. The van der Waals surface area contributed by atoms with Crippen molar-refractivity contribution in [1.29, 1.82) is 0 Å². The second-order valence-corrected chi connectivity index (χ2v) is 4.25.